The molecule has 0 atom stereocenters. The molecule has 2 heterocycles. The predicted octanol–water partition coefficient (Wildman–Crippen LogP) is 1.78. The van der Waals surface area contributed by atoms with E-state index >= 15 is 0 Å². The molecule has 2 aliphatic rings. The highest BCUT2D eigenvalue weighted by atomic mass is 19.1. The summed E-state index contributed by atoms with van der Waals surface area (Å²) in [6.45, 7) is 5.41. The number of halogens is 1. The van der Waals surface area contributed by atoms with Crippen molar-refractivity contribution in [2.75, 3.05) is 61.0 Å². The molecule has 0 bridgehead atoms. The Kier molecular flexibility index (Phi) is 6.11. The van der Waals surface area contributed by atoms with Gasteiger partial charge < -0.3 is 24.8 Å². The molecule has 2 aromatic rings. The first kappa shape index (κ1) is 21.1. The summed E-state index contributed by atoms with van der Waals surface area (Å²) in [4.78, 5) is 41.9. The molecule has 0 aliphatic carbocycles. The Bertz CT molecular complexity index is 1000. The summed E-state index contributed by atoms with van der Waals surface area (Å²) in [5, 5.41) is 3.24. The number of piperidine rings is 1. The van der Waals surface area contributed by atoms with E-state index in [1.807, 2.05) is 9.80 Å². The molecule has 1 amide bonds. The molecule has 31 heavy (non-hydrogen) atoms. The lowest BCUT2D eigenvalue weighted by Gasteiger charge is -2.39. The van der Waals surface area contributed by atoms with Crippen molar-refractivity contribution in [1.82, 2.24) is 4.90 Å². The molecule has 0 aromatic heterocycles. The fraction of sp³-hybridized carbons (Fsp3) is 0.500. The lowest BCUT2D eigenvalue weighted by atomic mass is 10.0. The molecule has 0 saturated carbocycles. The predicted molar refractivity (Wildman–Crippen MR) is 117 cm³/mol. The van der Waals surface area contributed by atoms with E-state index in [9.17, 15) is 18.8 Å². The number of rotatable bonds is 5. The fourth-order valence-electron chi connectivity index (χ4n) is 4.32. The van der Waals surface area contributed by atoms with Gasteiger partial charge in [-0.1, -0.05) is 12.1 Å². The van der Waals surface area contributed by atoms with Crippen LogP contribution in [0, 0.1) is 5.82 Å². The summed E-state index contributed by atoms with van der Waals surface area (Å²) >= 11 is 0. The van der Waals surface area contributed by atoms with Crippen LogP contribution in [0.15, 0.2) is 33.9 Å². The van der Waals surface area contributed by atoms with E-state index in [2.05, 4.69) is 5.32 Å². The second-order valence-corrected chi connectivity index (χ2v) is 7.91. The van der Waals surface area contributed by atoms with Crippen molar-refractivity contribution in [2.24, 2.45) is 0 Å². The van der Waals surface area contributed by atoms with Gasteiger partial charge in [0.1, 0.15) is 17.2 Å². The third-order valence-electron chi connectivity index (χ3n) is 6.04. The number of ether oxygens (including phenoxy) is 1. The van der Waals surface area contributed by atoms with Crippen molar-refractivity contribution < 1.29 is 13.9 Å². The summed E-state index contributed by atoms with van der Waals surface area (Å²) in [5.74, 6) is -0.262. The number of carbonyl (C=O) groups is 1. The van der Waals surface area contributed by atoms with Crippen LogP contribution in [0.1, 0.15) is 19.8 Å². The van der Waals surface area contributed by atoms with Crippen LogP contribution in [0.25, 0.3) is 0 Å². The number of benzene rings is 1. The summed E-state index contributed by atoms with van der Waals surface area (Å²) < 4.78 is 19.1. The number of hydrogen-bond acceptors (Lipinski definition) is 7. The normalized spacial score (nSPS) is 17.8. The highest BCUT2D eigenvalue weighted by Crippen LogP contribution is 2.27. The third kappa shape index (κ3) is 4.22. The first-order valence-corrected chi connectivity index (χ1v) is 10.8. The molecule has 9 heteroatoms. The molecule has 2 aliphatic heterocycles. The highest BCUT2D eigenvalue weighted by molar-refractivity contribution is 5.76. The van der Waals surface area contributed by atoms with Crippen LogP contribution in [0.4, 0.5) is 26.2 Å². The number of hydrogen-bond donors (Lipinski definition) is 1. The van der Waals surface area contributed by atoms with Crippen LogP contribution < -0.4 is 26.0 Å². The number of amides is 1. The van der Waals surface area contributed by atoms with Gasteiger partial charge in [-0.25, -0.2) is 9.18 Å². The molecular weight excluding hydrogens is 403 g/mol. The van der Waals surface area contributed by atoms with Gasteiger partial charge in [0, 0.05) is 45.3 Å². The van der Waals surface area contributed by atoms with Gasteiger partial charge in [-0.05, 0) is 31.9 Å². The van der Waals surface area contributed by atoms with E-state index in [4.69, 9.17) is 4.74 Å². The van der Waals surface area contributed by atoms with Gasteiger partial charge in [-0.15, -0.1) is 0 Å². The monoisotopic (exact) mass is 430 g/mol. The maximum Gasteiger partial charge on any atom is 0.409 e. The first-order chi connectivity index (χ1) is 15.0. The third-order valence-corrected chi connectivity index (χ3v) is 6.04. The Morgan fingerprint density at radius 1 is 1.03 bits per heavy atom. The molecule has 8 nitrogen and oxygen atoms in total. The lowest BCUT2D eigenvalue weighted by molar-refractivity contribution is 0.0983. The van der Waals surface area contributed by atoms with E-state index in [1.54, 1.807) is 30.0 Å². The Labute approximate surface area is 179 Å². The summed E-state index contributed by atoms with van der Waals surface area (Å²) in [7, 11) is 0. The summed E-state index contributed by atoms with van der Waals surface area (Å²) in [6, 6.07) is 6.67. The lowest BCUT2D eigenvalue weighted by Crippen LogP contribution is -2.52. The maximum atomic E-state index is 14.1. The van der Waals surface area contributed by atoms with Crippen LogP contribution in [0.3, 0.4) is 0 Å². The van der Waals surface area contributed by atoms with Gasteiger partial charge in [-0.2, -0.15) is 0 Å². The number of carbonyl (C=O) groups excluding carboxylic acids is 1. The van der Waals surface area contributed by atoms with Crippen LogP contribution in [0.5, 0.6) is 0 Å². The number of para-hydroxylation sites is 1. The van der Waals surface area contributed by atoms with E-state index in [1.165, 1.54) is 6.07 Å². The average Bonchev–Trinajstić information content (AvgIpc) is 2.80. The molecule has 0 spiro atoms. The maximum absolute atomic E-state index is 14.1. The Hall–Kier alpha value is -3.10. The second kappa shape index (κ2) is 8.95. The highest BCUT2D eigenvalue weighted by Gasteiger charge is 2.31. The van der Waals surface area contributed by atoms with Crippen molar-refractivity contribution >= 4 is 23.2 Å². The standard InChI is InChI=1S/C22H27FN4O4/c1-2-31-22(30)27-9-7-15(8-10-27)24-18-19(21(29)20(18)28)26-13-11-25(12-14-26)17-6-4-3-5-16(17)23/h3-6,15,24H,2,7-14H2,1H3. The number of piperazine rings is 1. The van der Waals surface area contributed by atoms with Crippen molar-refractivity contribution in [3.63, 3.8) is 0 Å². The number of nitrogens with zero attached hydrogens (tertiary/aromatic N) is 3. The molecular formula is C22H27FN4O4. The topological polar surface area (TPSA) is 82.2 Å². The van der Waals surface area contributed by atoms with Crippen LogP contribution in [-0.2, 0) is 4.74 Å². The minimum Gasteiger partial charge on any atom is -0.450 e. The quantitative estimate of drug-likeness (QED) is 0.724. The average molecular weight is 430 g/mol. The Morgan fingerprint density at radius 2 is 1.68 bits per heavy atom. The smallest absolute Gasteiger partial charge is 0.409 e. The molecule has 166 valence electrons. The molecule has 0 radical (unpaired) electrons. The number of likely N-dealkylation sites (tertiary alicyclic amines) is 1. The minimum atomic E-state index is -0.487. The van der Waals surface area contributed by atoms with Gasteiger partial charge in [0.05, 0.1) is 12.3 Å². The summed E-state index contributed by atoms with van der Waals surface area (Å²) in [5.41, 5.74) is 0.411. The Morgan fingerprint density at radius 3 is 2.32 bits per heavy atom. The van der Waals surface area contributed by atoms with Crippen molar-refractivity contribution in [3.05, 3.63) is 50.5 Å². The van der Waals surface area contributed by atoms with E-state index in [-0.39, 0.29) is 18.0 Å². The minimum absolute atomic E-state index is 0.0208. The molecule has 2 saturated heterocycles. The summed E-state index contributed by atoms with van der Waals surface area (Å²) in [6.07, 6.45) is 1.04. The zero-order valence-electron chi connectivity index (χ0n) is 17.6. The van der Waals surface area contributed by atoms with Gasteiger partial charge in [0.25, 0.3) is 10.9 Å². The molecule has 1 N–H and O–H groups in total. The second-order valence-electron chi connectivity index (χ2n) is 7.91. The van der Waals surface area contributed by atoms with Gasteiger partial charge >= 0.3 is 6.09 Å². The molecule has 0 unspecified atom stereocenters. The Balaban J connectivity index is 1.36. The van der Waals surface area contributed by atoms with Crippen molar-refractivity contribution in [1.29, 1.82) is 0 Å². The fourth-order valence-corrected chi connectivity index (χ4v) is 4.32. The first-order valence-electron chi connectivity index (χ1n) is 10.8. The molecule has 2 fully saturated rings. The van der Waals surface area contributed by atoms with Crippen LogP contribution in [0.2, 0.25) is 0 Å². The van der Waals surface area contributed by atoms with Gasteiger partial charge in [0.15, 0.2) is 0 Å². The largest absolute Gasteiger partial charge is 0.450 e. The van der Waals surface area contributed by atoms with Gasteiger partial charge in [0.2, 0.25) is 0 Å². The van der Waals surface area contributed by atoms with E-state index < -0.39 is 10.9 Å². The van der Waals surface area contributed by atoms with Gasteiger partial charge in [-0.3, -0.25) is 9.59 Å². The van der Waals surface area contributed by atoms with Crippen molar-refractivity contribution in [2.45, 2.75) is 25.8 Å². The van der Waals surface area contributed by atoms with E-state index in [0.717, 1.165) is 0 Å². The molecule has 2 aromatic carbocycles. The number of nitrogens with one attached hydrogen (secondary N) is 1. The van der Waals surface area contributed by atoms with Crippen LogP contribution >= 0.6 is 0 Å². The van der Waals surface area contributed by atoms with Crippen LogP contribution in [-0.4, -0.2) is 62.9 Å². The zero-order valence-corrected chi connectivity index (χ0v) is 17.6. The SMILES string of the molecule is CCOC(=O)N1CCC(Nc2c(N3CCN(c4ccccc4F)CC3)c(=O)c2=O)CC1. The zero-order chi connectivity index (χ0) is 22.0. The van der Waals surface area contributed by atoms with E-state index in [0.29, 0.717) is 75.8 Å². The number of anilines is 3. The van der Waals surface area contributed by atoms with Crippen molar-refractivity contribution in [3.8, 4) is 0 Å². The molecule has 4 rings (SSSR count).